The Bertz CT molecular complexity index is 669. The van der Waals surface area contributed by atoms with Crippen LogP contribution >= 0.6 is 11.8 Å². The van der Waals surface area contributed by atoms with Gasteiger partial charge in [-0.3, -0.25) is 4.79 Å². The van der Waals surface area contributed by atoms with Gasteiger partial charge < -0.3 is 16.0 Å². The Labute approximate surface area is 141 Å². The fourth-order valence-corrected chi connectivity index (χ4v) is 4.62. The quantitative estimate of drug-likeness (QED) is 0.762. The Balaban J connectivity index is 1.61. The highest BCUT2D eigenvalue weighted by Crippen LogP contribution is 2.30. The van der Waals surface area contributed by atoms with Crippen molar-refractivity contribution in [2.75, 3.05) is 5.75 Å². The fraction of sp³-hybridized carbons (Fsp3) is 0.500. The van der Waals surface area contributed by atoms with Crippen LogP contribution in [-0.4, -0.2) is 34.0 Å². The second kappa shape index (κ2) is 7.41. The molecule has 2 aromatic rings. The number of aromatic amines is 1. The van der Waals surface area contributed by atoms with Gasteiger partial charge in [-0.1, -0.05) is 31.5 Å². The first-order chi connectivity index (χ1) is 11.2. The minimum Gasteiger partial charge on any atom is -0.361 e. The van der Waals surface area contributed by atoms with Gasteiger partial charge in [0.2, 0.25) is 5.91 Å². The van der Waals surface area contributed by atoms with E-state index in [0.29, 0.717) is 11.7 Å². The standard InChI is InChI=1S/C18H25N3OS/c1-2-23-17-9-5-8-16(17)21-18(22)14(19)10-12-11-20-15-7-4-3-6-13(12)15/h3-4,6-7,11,14,16-17,20H,2,5,8-10,19H2,1H3,(H,21,22)/t14-,16?,17?/m0/s1. The number of hydrogen-bond acceptors (Lipinski definition) is 3. The largest absolute Gasteiger partial charge is 0.361 e. The van der Waals surface area contributed by atoms with Gasteiger partial charge in [-0.2, -0.15) is 11.8 Å². The number of H-pyrrole nitrogens is 1. The molecule has 2 unspecified atom stereocenters. The summed E-state index contributed by atoms with van der Waals surface area (Å²) >= 11 is 1.95. The molecule has 0 radical (unpaired) electrons. The van der Waals surface area contributed by atoms with E-state index in [2.05, 4.69) is 23.3 Å². The summed E-state index contributed by atoms with van der Waals surface area (Å²) in [7, 11) is 0. The van der Waals surface area contributed by atoms with Crippen molar-refractivity contribution in [3.8, 4) is 0 Å². The van der Waals surface area contributed by atoms with E-state index in [1.54, 1.807) is 0 Å². The minimum atomic E-state index is -0.498. The molecule has 5 heteroatoms. The number of hydrogen-bond donors (Lipinski definition) is 3. The minimum absolute atomic E-state index is 0.0242. The van der Waals surface area contributed by atoms with Crippen LogP contribution in [0, 0.1) is 0 Å². The van der Waals surface area contributed by atoms with Crippen LogP contribution in [0.4, 0.5) is 0 Å². The van der Waals surface area contributed by atoms with Crippen LogP contribution in [0.1, 0.15) is 31.7 Å². The first-order valence-corrected chi connectivity index (χ1v) is 9.46. The molecule has 3 rings (SSSR count). The van der Waals surface area contributed by atoms with Crippen molar-refractivity contribution < 1.29 is 4.79 Å². The molecule has 1 fully saturated rings. The molecule has 1 aromatic carbocycles. The summed E-state index contributed by atoms with van der Waals surface area (Å²) in [6.07, 6.45) is 5.99. The van der Waals surface area contributed by atoms with E-state index in [1.807, 2.05) is 36.2 Å². The van der Waals surface area contributed by atoms with E-state index in [9.17, 15) is 4.79 Å². The number of carbonyl (C=O) groups is 1. The van der Waals surface area contributed by atoms with Crippen molar-refractivity contribution in [2.24, 2.45) is 5.73 Å². The average molecular weight is 331 g/mol. The van der Waals surface area contributed by atoms with Crippen LogP contribution in [0.5, 0.6) is 0 Å². The highest BCUT2D eigenvalue weighted by Gasteiger charge is 2.29. The summed E-state index contributed by atoms with van der Waals surface area (Å²) in [5.41, 5.74) is 8.36. The molecule has 0 bridgehead atoms. The zero-order chi connectivity index (χ0) is 16.2. The van der Waals surface area contributed by atoms with Gasteiger partial charge in [-0.25, -0.2) is 0 Å². The number of carbonyl (C=O) groups excluding carboxylic acids is 1. The van der Waals surface area contributed by atoms with Crippen molar-refractivity contribution in [2.45, 2.75) is 49.9 Å². The van der Waals surface area contributed by atoms with Gasteiger partial charge in [-0.15, -0.1) is 0 Å². The maximum absolute atomic E-state index is 12.5. The third-order valence-corrected chi connectivity index (χ3v) is 5.94. The van der Waals surface area contributed by atoms with Crippen molar-refractivity contribution in [1.29, 1.82) is 0 Å². The molecule has 4 N–H and O–H groups in total. The number of benzene rings is 1. The van der Waals surface area contributed by atoms with Crippen molar-refractivity contribution >= 4 is 28.6 Å². The number of para-hydroxylation sites is 1. The molecule has 1 amide bonds. The van der Waals surface area contributed by atoms with Crippen LogP contribution in [0.25, 0.3) is 10.9 Å². The van der Waals surface area contributed by atoms with E-state index >= 15 is 0 Å². The third-order valence-electron chi connectivity index (χ3n) is 4.61. The summed E-state index contributed by atoms with van der Waals surface area (Å²) in [5.74, 6) is 1.07. The van der Waals surface area contributed by atoms with Gasteiger partial charge in [0, 0.05) is 28.4 Å². The highest BCUT2D eigenvalue weighted by molar-refractivity contribution is 7.99. The van der Waals surface area contributed by atoms with Crippen molar-refractivity contribution in [3.63, 3.8) is 0 Å². The van der Waals surface area contributed by atoms with Gasteiger partial charge in [0.1, 0.15) is 0 Å². The molecular weight excluding hydrogens is 306 g/mol. The molecule has 124 valence electrons. The number of thioether (sulfide) groups is 1. The summed E-state index contributed by atoms with van der Waals surface area (Å²) < 4.78 is 0. The van der Waals surface area contributed by atoms with E-state index in [4.69, 9.17) is 5.73 Å². The Morgan fingerprint density at radius 1 is 1.43 bits per heavy atom. The predicted molar refractivity (Wildman–Crippen MR) is 97.7 cm³/mol. The number of nitrogens with one attached hydrogen (secondary N) is 2. The smallest absolute Gasteiger partial charge is 0.237 e. The molecule has 1 heterocycles. The number of amides is 1. The van der Waals surface area contributed by atoms with E-state index in [-0.39, 0.29) is 11.9 Å². The van der Waals surface area contributed by atoms with Crippen LogP contribution < -0.4 is 11.1 Å². The summed E-state index contributed by atoms with van der Waals surface area (Å²) in [6, 6.07) is 7.90. The zero-order valence-electron chi connectivity index (χ0n) is 13.5. The maximum Gasteiger partial charge on any atom is 0.237 e. The Hall–Kier alpha value is -1.46. The molecule has 1 aromatic heterocycles. The highest BCUT2D eigenvalue weighted by atomic mass is 32.2. The van der Waals surface area contributed by atoms with Crippen LogP contribution in [-0.2, 0) is 11.2 Å². The molecular formula is C18H25N3OS. The second-order valence-corrected chi connectivity index (χ2v) is 7.73. The summed E-state index contributed by atoms with van der Waals surface area (Å²) in [6.45, 7) is 2.17. The Morgan fingerprint density at radius 2 is 2.26 bits per heavy atom. The van der Waals surface area contributed by atoms with Gasteiger partial charge >= 0.3 is 0 Å². The number of nitrogens with two attached hydrogens (primary N) is 1. The van der Waals surface area contributed by atoms with Crippen LogP contribution in [0.15, 0.2) is 30.5 Å². The van der Waals surface area contributed by atoms with Crippen molar-refractivity contribution in [3.05, 3.63) is 36.0 Å². The molecule has 0 saturated heterocycles. The molecule has 1 saturated carbocycles. The van der Waals surface area contributed by atoms with E-state index in [0.717, 1.165) is 28.6 Å². The molecule has 1 aliphatic carbocycles. The zero-order valence-corrected chi connectivity index (χ0v) is 14.4. The Kier molecular flexibility index (Phi) is 5.28. The number of rotatable bonds is 6. The number of aromatic nitrogens is 1. The molecule has 1 aliphatic rings. The molecule has 0 spiro atoms. The monoisotopic (exact) mass is 331 g/mol. The van der Waals surface area contributed by atoms with E-state index < -0.39 is 6.04 Å². The third kappa shape index (κ3) is 3.72. The van der Waals surface area contributed by atoms with E-state index in [1.165, 1.54) is 12.8 Å². The maximum atomic E-state index is 12.5. The first-order valence-electron chi connectivity index (χ1n) is 8.41. The predicted octanol–water partition coefficient (Wildman–Crippen LogP) is 2.83. The van der Waals surface area contributed by atoms with Gasteiger partial charge in [-0.05, 0) is 36.6 Å². The molecule has 0 aliphatic heterocycles. The summed E-state index contributed by atoms with van der Waals surface area (Å²) in [4.78, 5) is 15.7. The average Bonchev–Trinajstić information content (AvgIpc) is 3.15. The lowest BCUT2D eigenvalue weighted by Gasteiger charge is -2.22. The lowest BCUT2D eigenvalue weighted by molar-refractivity contribution is -0.122. The SMILES string of the molecule is CCSC1CCCC1NC(=O)[C@@H](N)Cc1c[nH]c2ccccc12. The molecule has 3 atom stereocenters. The normalized spacial score (nSPS) is 22.3. The lowest BCUT2D eigenvalue weighted by atomic mass is 10.0. The van der Waals surface area contributed by atoms with Gasteiger partial charge in [0.25, 0.3) is 0 Å². The topological polar surface area (TPSA) is 70.9 Å². The molecule has 4 nitrogen and oxygen atoms in total. The Morgan fingerprint density at radius 3 is 3.09 bits per heavy atom. The molecule has 23 heavy (non-hydrogen) atoms. The number of fused-ring (bicyclic) bond motifs is 1. The first kappa shape index (κ1) is 16.4. The van der Waals surface area contributed by atoms with Crippen molar-refractivity contribution in [1.82, 2.24) is 10.3 Å². The van der Waals surface area contributed by atoms with Crippen LogP contribution in [0.2, 0.25) is 0 Å². The lowest BCUT2D eigenvalue weighted by Crippen LogP contribution is -2.48. The second-order valence-electron chi connectivity index (χ2n) is 6.21. The van der Waals surface area contributed by atoms with Gasteiger partial charge in [0.05, 0.1) is 6.04 Å². The summed E-state index contributed by atoms with van der Waals surface area (Å²) in [5, 5.41) is 4.87. The fourth-order valence-electron chi connectivity index (χ4n) is 3.42. The van der Waals surface area contributed by atoms with Crippen LogP contribution in [0.3, 0.4) is 0 Å². The van der Waals surface area contributed by atoms with Gasteiger partial charge in [0.15, 0.2) is 0 Å².